The molecule has 0 aromatic heterocycles. The summed E-state index contributed by atoms with van der Waals surface area (Å²) >= 11 is 0. The maximum Gasteiger partial charge on any atom is 0.258 e. The molecule has 0 radical (unpaired) electrons. The number of aliphatic hydroxyl groups excluding tert-OH is 1. The average Bonchev–Trinajstić information content (AvgIpc) is 2.87. The maximum atomic E-state index is 13.7. The van der Waals surface area contributed by atoms with Gasteiger partial charge in [0.2, 0.25) is 5.82 Å². The van der Waals surface area contributed by atoms with Gasteiger partial charge < -0.3 is 10.4 Å². The van der Waals surface area contributed by atoms with E-state index in [2.05, 4.69) is 5.32 Å². The third-order valence-electron chi connectivity index (χ3n) is 3.93. The number of carbonyl (C=O) groups excluding carboxylic acids is 1. The van der Waals surface area contributed by atoms with E-state index < -0.39 is 52.7 Å². The molecule has 0 spiro atoms. The molecule has 0 heterocycles. The molecule has 0 unspecified atom stereocenters. The summed E-state index contributed by atoms with van der Waals surface area (Å²) in [5.41, 5.74) is -0.349. The molecule has 2 aromatic carbocycles. The minimum Gasteiger partial charge on any atom is -0.390 e. The van der Waals surface area contributed by atoms with Crippen molar-refractivity contribution < 1.29 is 31.9 Å². The number of carbonyl (C=O) groups is 1. The van der Waals surface area contributed by atoms with Crippen molar-refractivity contribution >= 4 is 5.91 Å². The van der Waals surface area contributed by atoms with Crippen molar-refractivity contribution in [1.82, 2.24) is 5.32 Å². The van der Waals surface area contributed by atoms with Gasteiger partial charge in [0.05, 0.1) is 12.1 Å². The second-order valence-electron chi connectivity index (χ2n) is 5.37. The first kappa shape index (κ1) is 16.4. The third-order valence-corrected chi connectivity index (χ3v) is 3.93. The Morgan fingerprint density at radius 2 is 1.50 bits per heavy atom. The zero-order chi connectivity index (χ0) is 17.6. The number of amides is 1. The third kappa shape index (κ3) is 2.43. The number of halogens is 5. The molecule has 2 atom stereocenters. The summed E-state index contributed by atoms with van der Waals surface area (Å²) in [5.74, 6) is -12.7. The zero-order valence-corrected chi connectivity index (χ0v) is 11.9. The van der Waals surface area contributed by atoms with Gasteiger partial charge in [-0.3, -0.25) is 4.79 Å². The number of aliphatic hydroxyl groups is 1. The lowest BCUT2D eigenvalue weighted by molar-refractivity contribution is 0.0847. The highest BCUT2D eigenvalue weighted by atomic mass is 19.2. The Hall–Kier alpha value is -2.48. The predicted octanol–water partition coefficient (Wildman–Crippen LogP) is 2.77. The predicted molar refractivity (Wildman–Crippen MR) is 72.6 cm³/mol. The van der Waals surface area contributed by atoms with Gasteiger partial charge in [-0.05, 0) is 11.1 Å². The molecule has 1 aliphatic carbocycles. The van der Waals surface area contributed by atoms with E-state index in [1.807, 2.05) is 0 Å². The van der Waals surface area contributed by atoms with E-state index in [4.69, 9.17) is 0 Å². The van der Waals surface area contributed by atoms with Crippen LogP contribution in [0.4, 0.5) is 22.0 Å². The molecule has 0 saturated heterocycles. The lowest BCUT2D eigenvalue weighted by Gasteiger charge is -2.18. The van der Waals surface area contributed by atoms with Crippen LogP contribution in [0.15, 0.2) is 24.3 Å². The van der Waals surface area contributed by atoms with E-state index in [9.17, 15) is 31.9 Å². The van der Waals surface area contributed by atoms with Gasteiger partial charge in [0, 0.05) is 6.42 Å². The van der Waals surface area contributed by atoms with E-state index in [1.165, 1.54) is 0 Å². The number of hydrogen-bond donors (Lipinski definition) is 2. The highest BCUT2D eigenvalue weighted by Gasteiger charge is 2.35. The van der Waals surface area contributed by atoms with Gasteiger partial charge >= 0.3 is 0 Å². The largest absolute Gasteiger partial charge is 0.390 e. The Labute approximate surface area is 132 Å². The molecule has 3 rings (SSSR count). The number of nitrogens with one attached hydrogen (secondary N) is 1. The Morgan fingerprint density at radius 3 is 2.12 bits per heavy atom. The molecule has 1 amide bonds. The van der Waals surface area contributed by atoms with Crippen LogP contribution in [0, 0.1) is 29.1 Å². The monoisotopic (exact) mass is 343 g/mol. The van der Waals surface area contributed by atoms with E-state index >= 15 is 0 Å². The summed E-state index contributed by atoms with van der Waals surface area (Å²) in [4.78, 5) is 12.1. The molecule has 0 bridgehead atoms. The van der Waals surface area contributed by atoms with E-state index in [-0.39, 0.29) is 6.42 Å². The first-order valence-corrected chi connectivity index (χ1v) is 6.91. The summed E-state index contributed by atoms with van der Waals surface area (Å²) in [6, 6.07) is 5.62. The first-order chi connectivity index (χ1) is 11.3. The maximum absolute atomic E-state index is 13.7. The van der Waals surface area contributed by atoms with Gasteiger partial charge in [0.1, 0.15) is 5.56 Å². The highest BCUT2D eigenvalue weighted by Crippen LogP contribution is 2.32. The fourth-order valence-corrected chi connectivity index (χ4v) is 2.77. The molecule has 24 heavy (non-hydrogen) atoms. The smallest absolute Gasteiger partial charge is 0.258 e. The van der Waals surface area contributed by atoms with E-state index in [0.717, 1.165) is 0 Å². The zero-order valence-electron chi connectivity index (χ0n) is 11.9. The van der Waals surface area contributed by atoms with E-state index in [0.29, 0.717) is 11.1 Å². The minimum atomic E-state index is -2.34. The normalized spacial score (nSPS) is 19.2. The van der Waals surface area contributed by atoms with Crippen LogP contribution >= 0.6 is 0 Å². The van der Waals surface area contributed by atoms with Crippen LogP contribution in [0.2, 0.25) is 0 Å². The summed E-state index contributed by atoms with van der Waals surface area (Å²) in [6.07, 6.45) is -0.884. The van der Waals surface area contributed by atoms with Crippen molar-refractivity contribution in [2.24, 2.45) is 0 Å². The fourth-order valence-electron chi connectivity index (χ4n) is 2.77. The van der Waals surface area contributed by atoms with Crippen LogP contribution in [0.25, 0.3) is 0 Å². The van der Waals surface area contributed by atoms with Crippen LogP contribution in [-0.2, 0) is 6.42 Å². The minimum absolute atomic E-state index is 0.193. The molecule has 2 N–H and O–H groups in total. The average molecular weight is 343 g/mol. The molecule has 3 nitrogen and oxygen atoms in total. The summed E-state index contributed by atoms with van der Waals surface area (Å²) in [6.45, 7) is 0. The summed E-state index contributed by atoms with van der Waals surface area (Å²) in [7, 11) is 0. The Bertz CT molecular complexity index is 810. The fraction of sp³-hybridized carbons (Fsp3) is 0.188. The molecule has 8 heteroatoms. The Balaban J connectivity index is 1.98. The van der Waals surface area contributed by atoms with Crippen LogP contribution in [0.1, 0.15) is 27.5 Å². The van der Waals surface area contributed by atoms with Crippen molar-refractivity contribution in [3.05, 3.63) is 70.0 Å². The summed E-state index contributed by atoms with van der Waals surface area (Å²) < 4.78 is 66.8. The molecule has 126 valence electrons. The quantitative estimate of drug-likeness (QED) is 0.501. The van der Waals surface area contributed by atoms with Crippen molar-refractivity contribution in [1.29, 1.82) is 0 Å². The summed E-state index contributed by atoms with van der Waals surface area (Å²) in [5, 5.41) is 12.1. The van der Waals surface area contributed by atoms with Crippen LogP contribution in [0.5, 0.6) is 0 Å². The van der Waals surface area contributed by atoms with Gasteiger partial charge in [0.25, 0.3) is 5.91 Å². The van der Waals surface area contributed by atoms with Crippen molar-refractivity contribution in [2.45, 2.75) is 18.6 Å². The Kier molecular flexibility index (Phi) is 4.00. The SMILES string of the molecule is O=C(N[C@H]1c2ccccc2C[C@H]1O)c1c(F)c(F)c(F)c(F)c1F. The standard InChI is InChI=1S/C16H10F5NO2/c17-10-9(11(18)13(20)14(21)12(10)19)16(24)22-15-7-4-2-1-3-6(7)5-8(15)23/h1-4,8,15,23H,5H2,(H,22,24)/t8-,15+/m1/s1. The van der Waals surface area contributed by atoms with E-state index in [1.54, 1.807) is 24.3 Å². The number of hydrogen-bond acceptors (Lipinski definition) is 2. The van der Waals surface area contributed by atoms with Crippen LogP contribution in [0.3, 0.4) is 0 Å². The number of fused-ring (bicyclic) bond motifs is 1. The number of rotatable bonds is 2. The molecule has 0 saturated carbocycles. The lowest BCUT2D eigenvalue weighted by atomic mass is 10.1. The van der Waals surface area contributed by atoms with Crippen molar-refractivity contribution in [3.8, 4) is 0 Å². The molecule has 0 aliphatic heterocycles. The van der Waals surface area contributed by atoms with Gasteiger partial charge in [-0.2, -0.15) is 0 Å². The Morgan fingerprint density at radius 1 is 0.958 bits per heavy atom. The highest BCUT2D eigenvalue weighted by molar-refractivity contribution is 5.95. The van der Waals surface area contributed by atoms with Gasteiger partial charge in [0.15, 0.2) is 23.3 Å². The lowest BCUT2D eigenvalue weighted by Crippen LogP contribution is -2.35. The van der Waals surface area contributed by atoms with Crippen LogP contribution in [-0.4, -0.2) is 17.1 Å². The van der Waals surface area contributed by atoms with Crippen molar-refractivity contribution in [2.75, 3.05) is 0 Å². The number of benzene rings is 2. The van der Waals surface area contributed by atoms with Crippen LogP contribution < -0.4 is 5.32 Å². The van der Waals surface area contributed by atoms with Gasteiger partial charge in [-0.15, -0.1) is 0 Å². The molecular weight excluding hydrogens is 333 g/mol. The van der Waals surface area contributed by atoms with Crippen molar-refractivity contribution in [3.63, 3.8) is 0 Å². The molecule has 1 aliphatic rings. The van der Waals surface area contributed by atoms with Gasteiger partial charge in [-0.25, -0.2) is 22.0 Å². The molecular formula is C16H10F5NO2. The molecule has 0 fully saturated rings. The second-order valence-corrected chi connectivity index (χ2v) is 5.37. The molecule has 2 aromatic rings. The second kappa shape index (κ2) is 5.86. The topological polar surface area (TPSA) is 49.3 Å². The first-order valence-electron chi connectivity index (χ1n) is 6.91. The van der Waals surface area contributed by atoms with Gasteiger partial charge in [-0.1, -0.05) is 24.3 Å².